The van der Waals surface area contributed by atoms with Crippen LogP contribution in [0.3, 0.4) is 0 Å². The summed E-state index contributed by atoms with van der Waals surface area (Å²) in [7, 11) is 7.27. The first kappa shape index (κ1) is 13.7. The second kappa shape index (κ2) is 5.11. The molecular formula is C11H15N6O3+. The number of non-ortho nitro benzene ring substituents is 1. The van der Waals surface area contributed by atoms with Gasteiger partial charge in [-0.3, -0.25) is 15.0 Å². The van der Waals surface area contributed by atoms with Crippen LogP contribution in [0.4, 0.5) is 5.69 Å². The highest BCUT2D eigenvalue weighted by atomic mass is 16.7. The molecule has 0 aliphatic carbocycles. The molecule has 0 N–H and O–H groups in total. The summed E-state index contributed by atoms with van der Waals surface area (Å²) in [5.74, 6) is 0. The maximum absolute atomic E-state index is 10.8. The SMILES string of the molecule is CN(C)C(On1nnc2ccc([N+](=O)[O-])cc21)=[N+](C)C. The van der Waals surface area contributed by atoms with Gasteiger partial charge < -0.3 is 0 Å². The summed E-state index contributed by atoms with van der Waals surface area (Å²) in [5, 5.41) is 18.6. The molecule has 0 unspecified atom stereocenters. The van der Waals surface area contributed by atoms with Crippen molar-refractivity contribution in [2.24, 2.45) is 0 Å². The van der Waals surface area contributed by atoms with Crippen molar-refractivity contribution in [1.29, 1.82) is 0 Å². The van der Waals surface area contributed by atoms with Crippen LogP contribution in [-0.2, 0) is 0 Å². The Hall–Kier alpha value is -2.71. The first-order chi connectivity index (χ1) is 9.40. The van der Waals surface area contributed by atoms with E-state index in [1.54, 1.807) is 9.48 Å². The number of fused-ring (bicyclic) bond motifs is 1. The van der Waals surface area contributed by atoms with Gasteiger partial charge in [0.05, 0.1) is 33.1 Å². The van der Waals surface area contributed by atoms with Gasteiger partial charge in [0.15, 0.2) is 0 Å². The van der Waals surface area contributed by atoms with Crippen LogP contribution in [0.2, 0.25) is 0 Å². The summed E-state index contributed by atoms with van der Waals surface area (Å²) in [4.78, 5) is 18.9. The van der Waals surface area contributed by atoms with Gasteiger partial charge >= 0.3 is 6.02 Å². The van der Waals surface area contributed by atoms with Crippen molar-refractivity contribution < 1.29 is 14.3 Å². The largest absolute Gasteiger partial charge is 0.471 e. The normalized spacial score (nSPS) is 10.4. The molecule has 0 saturated carbocycles. The van der Waals surface area contributed by atoms with Crippen LogP contribution in [0.25, 0.3) is 11.0 Å². The molecular weight excluding hydrogens is 264 g/mol. The molecule has 0 fully saturated rings. The Bertz CT molecular complexity index is 687. The van der Waals surface area contributed by atoms with E-state index in [-0.39, 0.29) is 5.69 Å². The fourth-order valence-electron chi connectivity index (χ4n) is 1.71. The van der Waals surface area contributed by atoms with E-state index in [2.05, 4.69) is 10.3 Å². The quantitative estimate of drug-likeness (QED) is 0.252. The second-order valence-electron chi connectivity index (χ2n) is 4.56. The molecule has 0 amide bonds. The van der Waals surface area contributed by atoms with E-state index in [1.807, 2.05) is 28.2 Å². The minimum atomic E-state index is -0.473. The highest BCUT2D eigenvalue weighted by Gasteiger charge is 2.19. The number of benzene rings is 1. The summed E-state index contributed by atoms with van der Waals surface area (Å²) in [5.41, 5.74) is 0.911. The minimum absolute atomic E-state index is 0.0408. The summed E-state index contributed by atoms with van der Waals surface area (Å²) in [6.07, 6.45) is 0. The number of hydrogen-bond acceptors (Lipinski definition) is 5. The predicted molar refractivity (Wildman–Crippen MR) is 71.6 cm³/mol. The van der Waals surface area contributed by atoms with Crippen molar-refractivity contribution in [1.82, 2.24) is 20.1 Å². The number of amidine groups is 1. The highest BCUT2D eigenvalue weighted by molar-refractivity contribution is 5.77. The maximum atomic E-state index is 10.8. The smallest absolute Gasteiger partial charge is 0.278 e. The second-order valence-corrected chi connectivity index (χ2v) is 4.56. The van der Waals surface area contributed by atoms with Crippen LogP contribution in [0.5, 0.6) is 0 Å². The van der Waals surface area contributed by atoms with Gasteiger partial charge in [-0.05, 0) is 11.3 Å². The Balaban J connectivity index is 2.47. The zero-order valence-corrected chi connectivity index (χ0v) is 11.6. The van der Waals surface area contributed by atoms with Crippen LogP contribution >= 0.6 is 0 Å². The molecule has 1 aromatic carbocycles. The van der Waals surface area contributed by atoms with E-state index in [9.17, 15) is 10.1 Å². The molecule has 0 saturated heterocycles. The monoisotopic (exact) mass is 279 g/mol. The van der Waals surface area contributed by atoms with Gasteiger partial charge in [0.2, 0.25) is 0 Å². The third-order valence-corrected chi connectivity index (χ3v) is 2.54. The average Bonchev–Trinajstić information content (AvgIpc) is 2.77. The minimum Gasteiger partial charge on any atom is -0.278 e. The zero-order valence-electron chi connectivity index (χ0n) is 11.6. The number of rotatable bonds is 2. The lowest BCUT2D eigenvalue weighted by atomic mass is 10.3. The Morgan fingerprint density at radius 1 is 1.40 bits per heavy atom. The van der Waals surface area contributed by atoms with E-state index < -0.39 is 4.92 Å². The first-order valence-electron chi connectivity index (χ1n) is 5.80. The number of nitro benzene ring substituents is 1. The number of nitro groups is 1. The number of hydrogen-bond donors (Lipinski definition) is 0. The molecule has 2 rings (SSSR count). The molecule has 0 atom stereocenters. The molecule has 0 spiro atoms. The summed E-state index contributed by atoms with van der Waals surface area (Å²) < 4.78 is 1.75. The average molecular weight is 279 g/mol. The maximum Gasteiger partial charge on any atom is 0.471 e. The Kier molecular flexibility index (Phi) is 3.51. The third-order valence-electron chi connectivity index (χ3n) is 2.54. The molecule has 0 radical (unpaired) electrons. The van der Waals surface area contributed by atoms with E-state index in [4.69, 9.17) is 4.84 Å². The van der Waals surface area contributed by atoms with Crippen molar-refractivity contribution in [3.63, 3.8) is 0 Å². The topological polar surface area (TPSA) is 89.3 Å². The lowest BCUT2D eigenvalue weighted by Gasteiger charge is -2.10. The first-order valence-corrected chi connectivity index (χ1v) is 5.80. The Morgan fingerprint density at radius 2 is 2.10 bits per heavy atom. The van der Waals surface area contributed by atoms with E-state index in [0.29, 0.717) is 17.1 Å². The van der Waals surface area contributed by atoms with Crippen LogP contribution in [0.1, 0.15) is 0 Å². The van der Waals surface area contributed by atoms with E-state index >= 15 is 0 Å². The molecule has 0 aliphatic heterocycles. The fraction of sp³-hybridized carbons (Fsp3) is 0.364. The third kappa shape index (κ3) is 2.51. The summed E-state index contributed by atoms with van der Waals surface area (Å²) in [6, 6.07) is 4.80. The van der Waals surface area contributed by atoms with Gasteiger partial charge in [0.1, 0.15) is 11.0 Å². The van der Waals surface area contributed by atoms with Crippen LogP contribution in [0, 0.1) is 10.1 Å². The zero-order chi connectivity index (χ0) is 14.9. The van der Waals surface area contributed by atoms with Crippen molar-refractivity contribution >= 4 is 22.7 Å². The molecule has 1 aromatic heterocycles. The van der Waals surface area contributed by atoms with Gasteiger partial charge in [0, 0.05) is 12.1 Å². The predicted octanol–water partition coefficient (Wildman–Crippen LogP) is -0.0422. The Labute approximate surface area is 114 Å². The number of nitrogens with zero attached hydrogens (tertiary/aromatic N) is 6. The van der Waals surface area contributed by atoms with Gasteiger partial charge in [-0.25, -0.2) is 9.48 Å². The molecule has 9 heteroatoms. The van der Waals surface area contributed by atoms with E-state index in [0.717, 1.165) is 4.85 Å². The van der Waals surface area contributed by atoms with Gasteiger partial charge in [-0.1, -0.05) is 4.85 Å². The molecule has 0 bridgehead atoms. The van der Waals surface area contributed by atoms with Crippen molar-refractivity contribution in [3.05, 3.63) is 28.3 Å². The van der Waals surface area contributed by atoms with Crippen molar-refractivity contribution in [3.8, 4) is 0 Å². The molecule has 2 aromatic rings. The summed E-state index contributed by atoms with van der Waals surface area (Å²) in [6.45, 7) is 0. The van der Waals surface area contributed by atoms with Crippen LogP contribution in [-0.4, -0.2) is 63.8 Å². The van der Waals surface area contributed by atoms with Crippen LogP contribution < -0.4 is 4.84 Å². The molecule has 9 nitrogen and oxygen atoms in total. The Morgan fingerprint density at radius 3 is 2.65 bits per heavy atom. The molecule has 20 heavy (non-hydrogen) atoms. The lowest BCUT2D eigenvalue weighted by Crippen LogP contribution is -2.39. The molecule has 1 heterocycles. The lowest BCUT2D eigenvalue weighted by molar-refractivity contribution is -0.480. The summed E-state index contributed by atoms with van der Waals surface area (Å²) >= 11 is 0. The van der Waals surface area contributed by atoms with Gasteiger partial charge in [-0.2, -0.15) is 0 Å². The van der Waals surface area contributed by atoms with Gasteiger partial charge in [0.25, 0.3) is 5.69 Å². The van der Waals surface area contributed by atoms with E-state index in [1.165, 1.54) is 18.2 Å². The van der Waals surface area contributed by atoms with Crippen molar-refractivity contribution in [2.75, 3.05) is 28.2 Å². The molecule has 0 aliphatic rings. The van der Waals surface area contributed by atoms with Crippen molar-refractivity contribution in [2.45, 2.75) is 0 Å². The van der Waals surface area contributed by atoms with Crippen LogP contribution in [0.15, 0.2) is 18.2 Å². The fourth-order valence-corrected chi connectivity index (χ4v) is 1.71. The molecule has 106 valence electrons. The standard InChI is InChI=1S/C11H15N6O3/c1-14(2)11(15(3)4)20-16-10-7-8(17(18)19)5-6-9(10)12-13-16/h5-7H,1-4H3/q+1. The number of aromatic nitrogens is 3. The highest BCUT2D eigenvalue weighted by Crippen LogP contribution is 2.18. The van der Waals surface area contributed by atoms with Gasteiger partial charge in [-0.15, -0.1) is 5.10 Å².